The number of carbonyl (C=O) groups excluding carboxylic acids is 1. The molecule has 0 atom stereocenters. The summed E-state index contributed by atoms with van der Waals surface area (Å²) in [6.45, 7) is 0. The predicted octanol–water partition coefficient (Wildman–Crippen LogP) is 5.72. The highest BCUT2D eigenvalue weighted by atomic mass is 19.4. The van der Waals surface area contributed by atoms with Crippen LogP contribution in [-0.4, -0.2) is 18.4 Å². The lowest BCUT2D eigenvalue weighted by molar-refractivity contribution is -0.274. The molecule has 0 spiro atoms. The van der Waals surface area contributed by atoms with Gasteiger partial charge in [-0.25, -0.2) is 4.79 Å². The monoisotopic (exact) mass is 393 g/mol. The summed E-state index contributed by atoms with van der Waals surface area (Å²) in [5, 5.41) is 8.39. The predicted molar refractivity (Wildman–Crippen MR) is 97.4 cm³/mol. The molecule has 0 aliphatic heterocycles. The number of ether oxygens (including phenoxy) is 2. The van der Waals surface area contributed by atoms with Gasteiger partial charge in [0.05, 0.1) is 11.6 Å². The molecule has 0 bridgehead atoms. The van der Waals surface area contributed by atoms with Crippen molar-refractivity contribution in [1.82, 2.24) is 0 Å². The minimum Gasteiger partial charge on any atom is -0.459 e. The maximum Gasteiger partial charge on any atom is 0.573 e. The van der Waals surface area contributed by atoms with Gasteiger partial charge in [-0.05, 0) is 68.7 Å². The third-order valence-electron chi connectivity index (χ3n) is 4.55. The van der Waals surface area contributed by atoms with Gasteiger partial charge in [-0.1, -0.05) is 18.2 Å². The molecule has 0 heterocycles. The lowest BCUT2D eigenvalue weighted by Crippen LogP contribution is -2.24. The zero-order chi connectivity index (χ0) is 20.4. The quantitative estimate of drug-likeness (QED) is 0.338. The van der Waals surface area contributed by atoms with Crippen molar-refractivity contribution in [1.29, 1.82) is 5.26 Å². The molecule has 7 heteroatoms. The van der Waals surface area contributed by atoms with E-state index in [0.717, 1.165) is 50.7 Å². The molecule has 0 aromatic heterocycles. The van der Waals surface area contributed by atoms with Gasteiger partial charge in [0.25, 0.3) is 0 Å². The number of nitrogens with zero attached hydrogens (tertiary/aromatic N) is 1. The van der Waals surface area contributed by atoms with Crippen LogP contribution in [0, 0.1) is 17.2 Å². The van der Waals surface area contributed by atoms with Crippen LogP contribution in [0.2, 0.25) is 0 Å². The highest BCUT2D eigenvalue weighted by molar-refractivity contribution is 5.89. The summed E-state index contributed by atoms with van der Waals surface area (Å²) >= 11 is 0. The minimum atomic E-state index is -4.76. The Bertz CT molecular complexity index is 725. The van der Waals surface area contributed by atoms with Gasteiger partial charge in [0.15, 0.2) is 0 Å². The first-order chi connectivity index (χ1) is 13.4. The Kier molecular flexibility index (Phi) is 8.12. The Morgan fingerprint density at radius 2 is 1.82 bits per heavy atom. The summed E-state index contributed by atoms with van der Waals surface area (Å²) in [5.41, 5.74) is 0.201. The summed E-state index contributed by atoms with van der Waals surface area (Å²) in [6.07, 6.45) is 7.60. The first kappa shape index (κ1) is 21.5. The normalized spacial score (nSPS) is 20.2. The molecule has 1 saturated carbocycles. The molecule has 1 aliphatic rings. The molecule has 28 heavy (non-hydrogen) atoms. The smallest absolute Gasteiger partial charge is 0.459 e. The number of carbonyl (C=O) groups is 1. The fourth-order valence-electron chi connectivity index (χ4n) is 3.16. The van der Waals surface area contributed by atoms with Crippen molar-refractivity contribution < 1.29 is 27.4 Å². The number of nitriles is 1. The summed E-state index contributed by atoms with van der Waals surface area (Å²) in [5.74, 6) is -0.325. The van der Waals surface area contributed by atoms with Gasteiger partial charge in [0, 0.05) is 6.08 Å². The van der Waals surface area contributed by atoms with Gasteiger partial charge in [0.2, 0.25) is 0 Å². The van der Waals surface area contributed by atoms with Crippen LogP contribution >= 0.6 is 0 Å². The van der Waals surface area contributed by atoms with E-state index < -0.39 is 12.3 Å². The van der Waals surface area contributed by atoms with E-state index in [1.807, 2.05) is 18.2 Å². The summed E-state index contributed by atoms with van der Waals surface area (Å²) in [7, 11) is 0. The molecule has 1 aliphatic carbocycles. The van der Waals surface area contributed by atoms with Crippen LogP contribution in [0.4, 0.5) is 13.2 Å². The second kappa shape index (κ2) is 10.5. The zero-order valence-electron chi connectivity index (χ0n) is 15.3. The van der Waals surface area contributed by atoms with E-state index in [4.69, 9.17) is 10.00 Å². The average Bonchev–Trinajstić information content (AvgIpc) is 2.65. The molecule has 0 radical (unpaired) electrons. The maximum absolute atomic E-state index is 12.2. The highest BCUT2D eigenvalue weighted by Gasteiger charge is 2.31. The van der Waals surface area contributed by atoms with Gasteiger partial charge in [-0.15, -0.1) is 13.2 Å². The van der Waals surface area contributed by atoms with Crippen molar-refractivity contribution in [3.8, 4) is 11.8 Å². The van der Waals surface area contributed by atoms with Crippen LogP contribution in [0.5, 0.6) is 5.75 Å². The topological polar surface area (TPSA) is 59.3 Å². The van der Waals surface area contributed by atoms with E-state index in [1.54, 1.807) is 6.08 Å². The van der Waals surface area contributed by atoms with Gasteiger partial charge in [0.1, 0.15) is 11.9 Å². The van der Waals surface area contributed by atoms with Gasteiger partial charge < -0.3 is 9.47 Å². The van der Waals surface area contributed by atoms with Gasteiger partial charge in [-0.2, -0.15) is 5.26 Å². The van der Waals surface area contributed by atoms with Crippen LogP contribution < -0.4 is 4.74 Å². The van der Waals surface area contributed by atoms with Crippen molar-refractivity contribution in [2.24, 2.45) is 5.92 Å². The van der Waals surface area contributed by atoms with E-state index >= 15 is 0 Å². The summed E-state index contributed by atoms with van der Waals surface area (Å²) in [4.78, 5) is 12.2. The molecule has 0 unspecified atom stereocenters. The van der Waals surface area contributed by atoms with E-state index in [1.165, 1.54) is 18.2 Å². The second-order valence-electron chi connectivity index (χ2n) is 6.61. The van der Waals surface area contributed by atoms with E-state index in [0.29, 0.717) is 5.92 Å². The number of alkyl halides is 3. The van der Waals surface area contributed by atoms with Crippen molar-refractivity contribution >= 4 is 5.97 Å². The third-order valence-corrected chi connectivity index (χ3v) is 4.55. The molecule has 1 aromatic rings. The third kappa shape index (κ3) is 7.87. The number of rotatable bonds is 7. The van der Waals surface area contributed by atoms with Crippen LogP contribution in [0.25, 0.3) is 0 Å². The van der Waals surface area contributed by atoms with Gasteiger partial charge in [-0.3, -0.25) is 0 Å². The molecular formula is C21H22F3NO3. The Morgan fingerprint density at radius 1 is 1.14 bits per heavy atom. The minimum absolute atomic E-state index is 0.163. The molecule has 0 saturated heterocycles. The van der Waals surface area contributed by atoms with Crippen molar-refractivity contribution in [3.05, 3.63) is 54.1 Å². The number of benzene rings is 1. The Balaban J connectivity index is 1.72. The van der Waals surface area contributed by atoms with Crippen LogP contribution in [0.15, 0.2) is 48.6 Å². The van der Waals surface area contributed by atoms with Gasteiger partial charge >= 0.3 is 12.3 Å². The molecule has 0 N–H and O–H groups in total. The Morgan fingerprint density at radius 3 is 2.43 bits per heavy atom. The molecule has 150 valence electrons. The number of hydrogen-bond acceptors (Lipinski definition) is 4. The molecule has 0 amide bonds. The van der Waals surface area contributed by atoms with E-state index in [2.05, 4.69) is 4.74 Å². The standard InChI is InChI=1S/C21H22F3NO3/c22-21(23,24)28-19-13-9-17(10-14-19)20(26)27-18-11-7-16(8-12-18)6-4-2-1-3-5-15-25/h1-3,5,9-10,13-14,16,18H,4,6-8,11-12H2/t16-,18-. The number of allylic oxidation sites excluding steroid dienone is 4. The molecule has 1 aromatic carbocycles. The maximum atomic E-state index is 12.2. The molecule has 4 nitrogen and oxygen atoms in total. The Hall–Kier alpha value is -2.75. The molecule has 1 fully saturated rings. The van der Waals surface area contributed by atoms with Crippen LogP contribution in [0.3, 0.4) is 0 Å². The largest absolute Gasteiger partial charge is 0.573 e. The first-order valence-electron chi connectivity index (χ1n) is 9.15. The zero-order valence-corrected chi connectivity index (χ0v) is 15.3. The van der Waals surface area contributed by atoms with Crippen LogP contribution in [0.1, 0.15) is 48.9 Å². The number of esters is 1. The number of halogens is 3. The van der Waals surface area contributed by atoms with Crippen molar-refractivity contribution in [2.75, 3.05) is 0 Å². The summed E-state index contributed by atoms with van der Waals surface area (Å²) < 4.78 is 45.7. The Labute approximate surface area is 162 Å². The van der Waals surface area contributed by atoms with Crippen molar-refractivity contribution in [2.45, 2.75) is 51.0 Å². The lowest BCUT2D eigenvalue weighted by Gasteiger charge is -2.28. The fraction of sp³-hybridized carbons (Fsp3) is 0.429. The average molecular weight is 393 g/mol. The highest BCUT2D eigenvalue weighted by Crippen LogP contribution is 2.30. The number of hydrogen-bond donors (Lipinski definition) is 0. The second-order valence-corrected chi connectivity index (χ2v) is 6.61. The van der Waals surface area contributed by atoms with E-state index in [-0.39, 0.29) is 17.4 Å². The summed E-state index contributed by atoms with van der Waals surface area (Å²) in [6, 6.07) is 6.65. The fourth-order valence-corrected chi connectivity index (χ4v) is 3.16. The molecular weight excluding hydrogens is 371 g/mol. The van der Waals surface area contributed by atoms with Crippen molar-refractivity contribution in [3.63, 3.8) is 0 Å². The first-order valence-corrected chi connectivity index (χ1v) is 9.15. The van der Waals surface area contributed by atoms with E-state index in [9.17, 15) is 18.0 Å². The SMILES string of the molecule is N#CC=CC=CCC[C@H]1CC[C@H](OC(=O)c2ccc(OC(F)(F)F)cc2)CC1. The lowest BCUT2D eigenvalue weighted by atomic mass is 9.84. The molecule has 2 rings (SSSR count). The van der Waals surface area contributed by atoms with Crippen LogP contribution in [-0.2, 0) is 4.74 Å².